The highest BCUT2D eigenvalue weighted by atomic mass is 35.5. The number of rotatable bonds is 2. The van der Waals surface area contributed by atoms with Gasteiger partial charge in [-0.1, -0.05) is 30.2 Å². The molecule has 0 bridgehead atoms. The first-order valence-corrected chi connectivity index (χ1v) is 5.78. The van der Waals surface area contributed by atoms with E-state index in [1.54, 1.807) is 18.2 Å². The Morgan fingerprint density at radius 3 is 2.71 bits per heavy atom. The summed E-state index contributed by atoms with van der Waals surface area (Å²) in [5.74, 6) is 0.320. The molecule has 2 rings (SSSR count). The first kappa shape index (κ1) is 12.0. The summed E-state index contributed by atoms with van der Waals surface area (Å²) in [5.41, 5.74) is 1.97. The summed E-state index contributed by atoms with van der Waals surface area (Å²) >= 11 is 5.90. The van der Waals surface area contributed by atoms with Crippen LogP contribution in [0.5, 0.6) is 0 Å². The van der Waals surface area contributed by atoms with Crippen LogP contribution in [0.4, 0.5) is 4.39 Å². The van der Waals surface area contributed by atoms with E-state index < -0.39 is 0 Å². The highest BCUT2D eigenvalue weighted by molar-refractivity contribution is 6.29. The highest BCUT2D eigenvalue weighted by Crippen LogP contribution is 2.24. The molecule has 2 aromatic rings. The number of aromatic nitrogens is 2. The summed E-state index contributed by atoms with van der Waals surface area (Å²) < 4.78 is 13.7. The van der Waals surface area contributed by atoms with Crippen LogP contribution < -0.4 is 0 Å². The normalized spacial score (nSPS) is 10.6. The molecule has 0 saturated carbocycles. The minimum atomic E-state index is -0.299. The van der Waals surface area contributed by atoms with Gasteiger partial charge in [-0.05, 0) is 19.1 Å². The molecule has 1 aromatic heterocycles. The molecule has 0 atom stereocenters. The molecular weight excluding hydrogens is 239 g/mol. The second-order valence-electron chi connectivity index (χ2n) is 3.83. The lowest BCUT2D eigenvalue weighted by atomic mass is 10.1. The van der Waals surface area contributed by atoms with Gasteiger partial charge < -0.3 is 0 Å². The Hall–Kier alpha value is -1.48. The van der Waals surface area contributed by atoms with Crippen LogP contribution in [-0.4, -0.2) is 9.97 Å². The van der Waals surface area contributed by atoms with Crippen LogP contribution in [0.1, 0.15) is 18.3 Å². The van der Waals surface area contributed by atoms with Crippen LogP contribution in [0, 0.1) is 12.7 Å². The molecule has 0 radical (unpaired) electrons. The van der Waals surface area contributed by atoms with E-state index >= 15 is 0 Å². The number of hydrogen-bond acceptors (Lipinski definition) is 2. The third kappa shape index (κ3) is 2.61. The molecule has 0 aliphatic carbocycles. The Kier molecular flexibility index (Phi) is 3.38. The van der Waals surface area contributed by atoms with Crippen molar-refractivity contribution in [2.24, 2.45) is 0 Å². The lowest BCUT2D eigenvalue weighted by molar-refractivity contribution is 0.630. The largest absolute Gasteiger partial charge is 0.233 e. The van der Waals surface area contributed by atoms with E-state index in [1.807, 2.05) is 13.8 Å². The van der Waals surface area contributed by atoms with Crippen LogP contribution in [0.25, 0.3) is 11.3 Å². The number of aryl methyl sites for hydroxylation is 2. The zero-order chi connectivity index (χ0) is 12.4. The molecule has 0 spiro atoms. The van der Waals surface area contributed by atoms with Crippen LogP contribution in [0.15, 0.2) is 24.3 Å². The summed E-state index contributed by atoms with van der Waals surface area (Å²) in [6.45, 7) is 3.84. The molecule has 0 saturated heterocycles. The smallest absolute Gasteiger partial charge is 0.133 e. The Labute approximate surface area is 104 Å². The Morgan fingerprint density at radius 2 is 2.00 bits per heavy atom. The van der Waals surface area contributed by atoms with Crippen LogP contribution >= 0.6 is 11.6 Å². The molecule has 88 valence electrons. The molecule has 2 nitrogen and oxygen atoms in total. The van der Waals surface area contributed by atoms with Gasteiger partial charge in [-0.15, -0.1) is 0 Å². The van der Waals surface area contributed by atoms with Crippen molar-refractivity contribution in [2.75, 3.05) is 0 Å². The van der Waals surface area contributed by atoms with Crippen molar-refractivity contribution in [2.45, 2.75) is 20.3 Å². The zero-order valence-electron chi connectivity index (χ0n) is 9.67. The van der Waals surface area contributed by atoms with E-state index in [-0.39, 0.29) is 5.82 Å². The summed E-state index contributed by atoms with van der Waals surface area (Å²) in [6, 6.07) is 6.50. The lowest BCUT2D eigenvalue weighted by Crippen LogP contribution is -1.97. The van der Waals surface area contributed by atoms with Gasteiger partial charge in [0.2, 0.25) is 0 Å². The quantitative estimate of drug-likeness (QED) is 0.758. The topological polar surface area (TPSA) is 25.8 Å². The maximum absolute atomic E-state index is 13.7. The van der Waals surface area contributed by atoms with Crippen LogP contribution in [-0.2, 0) is 6.42 Å². The molecule has 0 fully saturated rings. The van der Waals surface area contributed by atoms with Gasteiger partial charge in [-0.25, -0.2) is 14.4 Å². The monoisotopic (exact) mass is 250 g/mol. The average molecular weight is 251 g/mol. The molecule has 0 unspecified atom stereocenters. The number of benzene rings is 1. The van der Waals surface area contributed by atoms with Crippen molar-refractivity contribution in [3.63, 3.8) is 0 Å². The number of hydrogen-bond donors (Lipinski definition) is 0. The SMILES string of the molecule is CCc1nc(Cl)cc(-c2cc(C)ccc2F)n1. The molecule has 1 aromatic carbocycles. The van der Waals surface area contributed by atoms with Crippen molar-refractivity contribution in [3.05, 3.63) is 46.6 Å². The van der Waals surface area contributed by atoms with Gasteiger partial charge in [0.05, 0.1) is 5.69 Å². The third-order valence-electron chi connectivity index (χ3n) is 2.46. The van der Waals surface area contributed by atoms with E-state index in [4.69, 9.17) is 11.6 Å². The maximum atomic E-state index is 13.7. The van der Waals surface area contributed by atoms with Gasteiger partial charge in [0.15, 0.2) is 0 Å². The second-order valence-corrected chi connectivity index (χ2v) is 4.22. The highest BCUT2D eigenvalue weighted by Gasteiger charge is 2.09. The predicted molar refractivity (Wildman–Crippen MR) is 66.6 cm³/mol. The fourth-order valence-corrected chi connectivity index (χ4v) is 1.80. The van der Waals surface area contributed by atoms with Gasteiger partial charge in [-0.2, -0.15) is 0 Å². The molecule has 0 aliphatic heterocycles. The van der Waals surface area contributed by atoms with Crippen LogP contribution in [0.3, 0.4) is 0 Å². The molecule has 0 N–H and O–H groups in total. The van der Waals surface area contributed by atoms with Gasteiger partial charge in [0.25, 0.3) is 0 Å². The Morgan fingerprint density at radius 1 is 1.24 bits per heavy atom. The van der Waals surface area contributed by atoms with Crippen molar-refractivity contribution in [1.29, 1.82) is 0 Å². The molecular formula is C13H12ClFN2. The summed E-state index contributed by atoms with van der Waals surface area (Å²) in [5, 5.41) is 0.341. The maximum Gasteiger partial charge on any atom is 0.133 e. The molecule has 17 heavy (non-hydrogen) atoms. The Bertz CT molecular complexity index is 555. The van der Waals surface area contributed by atoms with Gasteiger partial charge >= 0.3 is 0 Å². The molecule has 0 aliphatic rings. The van der Waals surface area contributed by atoms with E-state index in [2.05, 4.69) is 9.97 Å². The van der Waals surface area contributed by atoms with E-state index in [0.717, 1.165) is 5.56 Å². The minimum absolute atomic E-state index is 0.299. The van der Waals surface area contributed by atoms with E-state index in [0.29, 0.717) is 28.7 Å². The van der Waals surface area contributed by atoms with E-state index in [1.165, 1.54) is 6.07 Å². The van der Waals surface area contributed by atoms with Gasteiger partial charge in [0, 0.05) is 18.1 Å². The fourth-order valence-electron chi connectivity index (χ4n) is 1.60. The first-order chi connectivity index (χ1) is 8.10. The van der Waals surface area contributed by atoms with Crippen molar-refractivity contribution in [1.82, 2.24) is 9.97 Å². The molecule has 0 amide bonds. The summed E-state index contributed by atoms with van der Waals surface area (Å²) in [4.78, 5) is 8.35. The van der Waals surface area contributed by atoms with Crippen molar-refractivity contribution >= 4 is 11.6 Å². The third-order valence-corrected chi connectivity index (χ3v) is 2.65. The van der Waals surface area contributed by atoms with E-state index in [9.17, 15) is 4.39 Å². The standard InChI is InChI=1S/C13H12ClFN2/c1-3-13-16-11(7-12(14)17-13)9-6-8(2)4-5-10(9)15/h4-7H,3H2,1-2H3. The van der Waals surface area contributed by atoms with Crippen molar-refractivity contribution in [3.8, 4) is 11.3 Å². The van der Waals surface area contributed by atoms with Gasteiger partial charge in [0.1, 0.15) is 16.8 Å². The molecule has 1 heterocycles. The van der Waals surface area contributed by atoms with Crippen molar-refractivity contribution < 1.29 is 4.39 Å². The number of halogens is 2. The first-order valence-electron chi connectivity index (χ1n) is 5.40. The lowest BCUT2D eigenvalue weighted by Gasteiger charge is -2.06. The van der Waals surface area contributed by atoms with Gasteiger partial charge in [-0.3, -0.25) is 0 Å². The van der Waals surface area contributed by atoms with Crippen LogP contribution in [0.2, 0.25) is 5.15 Å². The fraction of sp³-hybridized carbons (Fsp3) is 0.231. The summed E-state index contributed by atoms with van der Waals surface area (Å²) in [7, 11) is 0. The zero-order valence-corrected chi connectivity index (χ0v) is 10.4. The minimum Gasteiger partial charge on any atom is -0.233 e. The predicted octanol–water partition coefficient (Wildman–Crippen LogP) is 3.81. The summed E-state index contributed by atoms with van der Waals surface area (Å²) in [6.07, 6.45) is 0.668. The molecule has 4 heteroatoms. The number of nitrogens with zero attached hydrogens (tertiary/aromatic N) is 2. The Balaban J connectivity index is 2.59. The second kappa shape index (κ2) is 4.80. The average Bonchev–Trinajstić information content (AvgIpc) is 2.31.